The molecule has 3 fully saturated rings. The minimum atomic E-state index is -0.465. The van der Waals surface area contributed by atoms with Gasteiger partial charge in [-0.25, -0.2) is 9.97 Å². The van der Waals surface area contributed by atoms with Gasteiger partial charge in [-0.15, -0.1) is 0 Å². The van der Waals surface area contributed by atoms with E-state index >= 15 is 0 Å². The second-order valence-electron chi connectivity index (χ2n) is 11.9. The summed E-state index contributed by atoms with van der Waals surface area (Å²) in [6.45, 7) is 7.89. The lowest BCUT2D eigenvalue weighted by atomic mass is 9.75. The third-order valence-electron chi connectivity index (χ3n) is 9.47. The van der Waals surface area contributed by atoms with Crippen molar-refractivity contribution in [1.29, 1.82) is 0 Å². The highest BCUT2D eigenvalue weighted by atomic mass is 35.5. The van der Waals surface area contributed by atoms with Crippen molar-refractivity contribution >= 4 is 34.2 Å². The van der Waals surface area contributed by atoms with Crippen LogP contribution in [0.25, 0.3) is 22.3 Å². The number of halogens is 1. The Morgan fingerprint density at radius 2 is 1.82 bits per heavy atom. The van der Waals surface area contributed by atoms with E-state index in [-0.39, 0.29) is 18.0 Å². The molecule has 1 spiro atoms. The van der Waals surface area contributed by atoms with Gasteiger partial charge >= 0.3 is 0 Å². The standard InChI is InChI=1S/C30H36ClN5O2/c1-19(2)35-18-32-25-17-24(33-28(31)27(25)35)20-6-7-23-26(14-20)36(29(37)30(23)8-12-38-13-9-30)22-15-21(16-22)34-10-4-3-5-11-34/h6-7,14,17-19,21-22H,3-5,8-13,15-16H2,1-2H3/t21-,22+. The first-order valence-corrected chi connectivity index (χ1v) is 14.7. The number of amides is 1. The number of hydrogen-bond donors (Lipinski definition) is 0. The molecule has 200 valence electrons. The molecule has 4 aliphatic rings. The SMILES string of the molecule is CC(C)n1cnc2cc(-c3ccc4c(c3)N([C@H]3C[C@@H](N5CCCCC5)C3)C(=O)C43CCOCC3)nc(Cl)c21. The van der Waals surface area contributed by atoms with Crippen molar-refractivity contribution in [3.05, 3.63) is 41.3 Å². The Kier molecular flexibility index (Phi) is 6.02. The first-order valence-electron chi connectivity index (χ1n) is 14.3. The highest BCUT2D eigenvalue weighted by Gasteiger charge is 2.55. The summed E-state index contributed by atoms with van der Waals surface area (Å²) in [4.78, 5) is 28.4. The largest absolute Gasteiger partial charge is 0.381 e. The number of carbonyl (C=O) groups excluding carboxylic acids is 1. The molecule has 0 radical (unpaired) electrons. The molecular formula is C30H36ClN5O2. The van der Waals surface area contributed by atoms with Gasteiger partial charge in [0.05, 0.1) is 23.0 Å². The zero-order valence-electron chi connectivity index (χ0n) is 22.3. The molecule has 0 N–H and O–H groups in total. The lowest BCUT2D eigenvalue weighted by Crippen LogP contribution is -2.57. The van der Waals surface area contributed by atoms with Crippen LogP contribution in [-0.2, 0) is 14.9 Å². The maximum Gasteiger partial charge on any atom is 0.238 e. The molecule has 0 unspecified atom stereocenters. The average Bonchev–Trinajstić information content (AvgIpc) is 3.44. The summed E-state index contributed by atoms with van der Waals surface area (Å²) in [6.07, 6.45) is 9.40. The second kappa shape index (κ2) is 9.32. The Bertz CT molecular complexity index is 1380. The second-order valence-corrected chi connectivity index (χ2v) is 12.2. The van der Waals surface area contributed by atoms with Gasteiger partial charge in [0.25, 0.3) is 0 Å². The zero-order valence-corrected chi connectivity index (χ0v) is 23.1. The van der Waals surface area contributed by atoms with Crippen LogP contribution in [-0.4, -0.2) is 63.7 Å². The minimum absolute atomic E-state index is 0.247. The number of aromatic nitrogens is 3. The Morgan fingerprint density at radius 3 is 2.55 bits per heavy atom. The summed E-state index contributed by atoms with van der Waals surface area (Å²) in [5.41, 5.74) is 5.22. The highest BCUT2D eigenvalue weighted by molar-refractivity contribution is 6.34. The first-order chi connectivity index (χ1) is 18.5. The number of anilines is 1. The molecule has 1 saturated carbocycles. The number of likely N-dealkylation sites (tertiary alicyclic amines) is 1. The van der Waals surface area contributed by atoms with E-state index in [9.17, 15) is 4.79 Å². The fraction of sp³-hybridized carbons (Fsp3) is 0.567. The van der Waals surface area contributed by atoms with Crippen LogP contribution in [0.2, 0.25) is 5.15 Å². The van der Waals surface area contributed by atoms with E-state index in [1.165, 1.54) is 32.4 Å². The van der Waals surface area contributed by atoms with Crippen LogP contribution in [0.5, 0.6) is 0 Å². The van der Waals surface area contributed by atoms with E-state index < -0.39 is 5.41 Å². The molecule has 7 nitrogen and oxygen atoms in total. The Morgan fingerprint density at radius 1 is 1.05 bits per heavy atom. The van der Waals surface area contributed by atoms with Gasteiger partial charge < -0.3 is 19.1 Å². The lowest BCUT2D eigenvalue weighted by Gasteiger charge is -2.48. The highest BCUT2D eigenvalue weighted by Crippen LogP contribution is 2.51. The first kappa shape index (κ1) is 24.6. The summed E-state index contributed by atoms with van der Waals surface area (Å²) in [5.74, 6) is 0.271. The number of benzene rings is 1. The Hall–Kier alpha value is -2.48. The molecule has 1 aromatic carbocycles. The molecule has 7 rings (SSSR count). The molecule has 3 aliphatic heterocycles. The summed E-state index contributed by atoms with van der Waals surface area (Å²) < 4.78 is 7.76. The van der Waals surface area contributed by atoms with Crippen molar-refractivity contribution in [3.63, 3.8) is 0 Å². The summed E-state index contributed by atoms with van der Waals surface area (Å²) in [6, 6.07) is 9.57. The average molecular weight is 534 g/mol. The van der Waals surface area contributed by atoms with Crippen molar-refractivity contribution in [1.82, 2.24) is 19.4 Å². The lowest BCUT2D eigenvalue weighted by molar-refractivity contribution is -0.127. The van der Waals surface area contributed by atoms with Gasteiger partial charge in [-0.05, 0) is 83.2 Å². The number of fused-ring (bicyclic) bond motifs is 3. The normalized spacial score (nSPS) is 25.4. The van der Waals surface area contributed by atoms with Crippen molar-refractivity contribution in [3.8, 4) is 11.3 Å². The van der Waals surface area contributed by atoms with Crippen LogP contribution >= 0.6 is 11.6 Å². The van der Waals surface area contributed by atoms with Gasteiger partial charge in [0.2, 0.25) is 5.91 Å². The smallest absolute Gasteiger partial charge is 0.238 e. The van der Waals surface area contributed by atoms with Crippen molar-refractivity contribution in [2.24, 2.45) is 0 Å². The minimum Gasteiger partial charge on any atom is -0.381 e. The fourth-order valence-corrected chi connectivity index (χ4v) is 7.51. The van der Waals surface area contributed by atoms with Gasteiger partial charge in [-0.3, -0.25) is 4.79 Å². The number of nitrogens with zero attached hydrogens (tertiary/aromatic N) is 5. The van der Waals surface area contributed by atoms with Crippen molar-refractivity contribution < 1.29 is 9.53 Å². The van der Waals surface area contributed by atoms with Crippen LogP contribution in [0.4, 0.5) is 5.69 Å². The number of hydrogen-bond acceptors (Lipinski definition) is 5. The molecule has 2 saturated heterocycles. The number of imidazole rings is 1. The summed E-state index contributed by atoms with van der Waals surface area (Å²) in [7, 11) is 0. The van der Waals surface area contributed by atoms with E-state index in [0.717, 1.165) is 59.2 Å². The van der Waals surface area contributed by atoms with Gasteiger partial charge in [0.1, 0.15) is 5.52 Å². The molecule has 2 aromatic heterocycles. The summed E-state index contributed by atoms with van der Waals surface area (Å²) in [5, 5.41) is 0.460. The van der Waals surface area contributed by atoms with E-state index in [1.54, 1.807) is 0 Å². The molecule has 0 bridgehead atoms. The third kappa shape index (κ3) is 3.73. The van der Waals surface area contributed by atoms with E-state index in [4.69, 9.17) is 21.3 Å². The molecule has 38 heavy (non-hydrogen) atoms. The van der Waals surface area contributed by atoms with Crippen LogP contribution < -0.4 is 4.90 Å². The Balaban J connectivity index is 1.26. The zero-order chi connectivity index (χ0) is 26.0. The van der Waals surface area contributed by atoms with Gasteiger partial charge in [0.15, 0.2) is 5.15 Å². The quantitative estimate of drug-likeness (QED) is 0.400. The Labute approximate surface area is 229 Å². The van der Waals surface area contributed by atoms with Gasteiger partial charge in [0, 0.05) is 42.6 Å². The molecule has 0 atom stereocenters. The third-order valence-corrected chi connectivity index (χ3v) is 9.73. The van der Waals surface area contributed by atoms with Gasteiger partial charge in [-0.2, -0.15) is 0 Å². The van der Waals surface area contributed by atoms with Crippen LogP contribution in [0.15, 0.2) is 30.6 Å². The molecular weight excluding hydrogens is 498 g/mol. The van der Waals surface area contributed by atoms with Crippen LogP contribution in [0.3, 0.4) is 0 Å². The predicted octanol–water partition coefficient (Wildman–Crippen LogP) is 5.74. The van der Waals surface area contributed by atoms with Crippen molar-refractivity contribution in [2.75, 3.05) is 31.2 Å². The predicted molar refractivity (Wildman–Crippen MR) is 150 cm³/mol. The maximum absolute atomic E-state index is 14.2. The molecule has 1 amide bonds. The van der Waals surface area contributed by atoms with Crippen molar-refractivity contribution in [2.45, 2.75) is 82.3 Å². The number of ether oxygens (including phenoxy) is 1. The van der Waals surface area contributed by atoms with E-state index in [2.05, 4.69) is 51.4 Å². The number of carbonyl (C=O) groups is 1. The monoisotopic (exact) mass is 533 g/mol. The number of piperidine rings is 1. The maximum atomic E-state index is 14.2. The summed E-state index contributed by atoms with van der Waals surface area (Å²) >= 11 is 6.71. The van der Waals surface area contributed by atoms with Crippen LogP contribution in [0.1, 0.15) is 70.4 Å². The van der Waals surface area contributed by atoms with E-state index in [1.807, 2.05) is 12.4 Å². The molecule has 3 aromatic rings. The molecule has 1 aliphatic carbocycles. The van der Waals surface area contributed by atoms with Gasteiger partial charge in [-0.1, -0.05) is 30.2 Å². The molecule has 8 heteroatoms. The topological polar surface area (TPSA) is 63.5 Å². The van der Waals surface area contributed by atoms with Crippen LogP contribution in [0, 0.1) is 0 Å². The fourth-order valence-electron chi connectivity index (χ4n) is 7.22. The number of rotatable bonds is 4. The van der Waals surface area contributed by atoms with E-state index in [0.29, 0.717) is 24.4 Å². The number of pyridine rings is 1. The molecule has 5 heterocycles.